The molecule has 3 aromatic rings. The number of aryl methyl sites for hydroxylation is 1. The van der Waals surface area contributed by atoms with Crippen LogP contribution >= 0.6 is 0 Å². The van der Waals surface area contributed by atoms with E-state index in [1.165, 1.54) is 0 Å². The van der Waals surface area contributed by atoms with Crippen molar-refractivity contribution in [1.82, 2.24) is 15.3 Å². The lowest BCUT2D eigenvalue weighted by Gasteiger charge is -2.19. The zero-order valence-corrected chi connectivity index (χ0v) is 20.2. The Morgan fingerprint density at radius 3 is 2.83 bits per heavy atom. The van der Waals surface area contributed by atoms with Crippen LogP contribution in [0.5, 0.6) is 0 Å². The third-order valence-corrected chi connectivity index (χ3v) is 6.01. The maximum Gasteiger partial charge on any atom is 0.255 e. The molecule has 0 spiro atoms. The number of anilines is 1. The van der Waals surface area contributed by atoms with Crippen molar-refractivity contribution in [1.29, 1.82) is 5.26 Å². The van der Waals surface area contributed by atoms with Crippen LogP contribution in [-0.2, 0) is 5.41 Å². The van der Waals surface area contributed by atoms with Gasteiger partial charge in [0, 0.05) is 36.5 Å². The molecule has 0 aliphatic carbocycles. The summed E-state index contributed by atoms with van der Waals surface area (Å²) in [6.07, 6.45) is 5.59. The van der Waals surface area contributed by atoms with Gasteiger partial charge in [0.25, 0.3) is 5.91 Å². The minimum atomic E-state index is -0.790. The van der Waals surface area contributed by atoms with Gasteiger partial charge in [-0.15, -0.1) is 0 Å². The van der Waals surface area contributed by atoms with E-state index in [1.54, 1.807) is 51.8 Å². The van der Waals surface area contributed by atoms with Crippen molar-refractivity contribution in [3.8, 4) is 17.2 Å². The Labute approximate surface area is 204 Å². The SMILES string of the molecule is CN=C1CC(c2cccc(-c3cc(NC(=O)c4ccnc(C(C)(C)C#N)c4)cnc3C)c2)N=CN1. The Balaban J connectivity index is 1.59. The first kappa shape index (κ1) is 23.8. The van der Waals surface area contributed by atoms with Crippen LogP contribution in [0.3, 0.4) is 0 Å². The Hall–Kier alpha value is -4.38. The van der Waals surface area contributed by atoms with Crippen molar-refractivity contribution in [3.05, 3.63) is 77.4 Å². The fourth-order valence-electron chi connectivity index (χ4n) is 3.84. The van der Waals surface area contributed by atoms with Gasteiger partial charge in [-0.1, -0.05) is 18.2 Å². The number of rotatable bonds is 5. The first-order valence-corrected chi connectivity index (χ1v) is 11.3. The molecule has 4 rings (SSSR count). The number of hydrogen-bond acceptors (Lipinski definition) is 6. The maximum absolute atomic E-state index is 13.0. The van der Waals surface area contributed by atoms with E-state index < -0.39 is 5.41 Å². The topological polar surface area (TPSA) is 115 Å². The number of carbonyl (C=O) groups excluding carboxylic acids is 1. The predicted octanol–water partition coefficient (Wildman–Crippen LogP) is 4.60. The van der Waals surface area contributed by atoms with Crippen LogP contribution in [0.25, 0.3) is 11.1 Å². The number of aromatic nitrogens is 2. The summed E-state index contributed by atoms with van der Waals surface area (Å²) in [7, 11) is 1.76. The highest BCUT2D eigenvalue weighted by atomic mass is 16.1. The van der Waals surface area contributed by atoms with Crippen molar-refractivity contribution in [3.63, 3.8) is 0 Å². The second-order valence-electron chi connectivity index (χ2n) is 8.92. The standard InChI is InChI=1S/C27H27N7O/c1-17-22(18-6-5-7-19(10-18)23-13-25(29-4)33-16-32-23)12-21(14-31-17)34-26(35)20-8-9-30-24(11-20)27(2,3)15-28/h5-12,14,16,23H,13H2,1-4H3,(H,34,35)(H,29,32,33). The van der Waals surface area contributed by atoms with Gasteiger partial charge in [-0.2, -0.15) is 5.26 Å². The second kappa shape index (κ2) is 9.85. The number of amides is 1. The van der Waals surface area contributed by atoms with Crippen LogP contribution in [0.15, 0.2) is 64.8 Å². The van der Waals surface area contributed by atoms with Gasteiger partial charge < -0.3 is 10.6 Å². The normalized spacial score (nSPS) is 16.4. The van der Waals surface area contributed by atoms with E-state index in [9.17, 15) is 10.1 Å². The summed E-state index contributed by atoms with van der Waals surface area (Å²) in [5.74, 6) is 0.610. The number of amidine groups is 1. The maximum atomic E-state index is 13.0. The number of benzene rings is 1. The molecular weight excluding hydrogens is 438 g/mol. The fraction of sp³-hybridized carbons (Fsp3) is 0.259. The molecule has 35 heavy (non-hydrogen) atoms. The summed E-state index contributed by atoms with van der Waals surface area (Å²) in [4.78, 5) is 30.5. The summed E-state index contributed by atoms with van der Waals surface area (Å²) >= 11 is 0. The lowest BCUT2D eigenvalue weighted by molar-refractivity contribution is 0.102. The smallest absolute Gasteiger partial charge is 0.255 e. The highest BCUT2D eigenvalue weighted by Gasteiger charge is 2.23. The van der Waals surface area contributed by atoms with E-state index in [-0.39, 0.29) is 11.9 Å². The van der Waals surface area contributed by atoms with Crippen molar-refractivity contribution < 1.29 is 4.79 Å². The van der Waals surface area contributed by atoms with Gasteiger partial charge in [0.15, 0.2) is 0 Å². The Kier molecular flexibility index (Phi) is 6.69. The zero-order chi connectivity index (χ0) is 25.0. The van der Waals surface area contributed by atoms with E-state index in [0.29, 0.717) is 23.4 Å². The number of pyridine rings is 2. The lowest BCUT2D eigenvalue weighted by Crippen LogP contribution is -2.28. The number of hydrogen-bond donors (Lipinski definition) is 2. The molecule has 8 nitrogen and oxygen atoms in total. The van der Waals surface area contributed by atoms with Gasteiger partial charge in [0.2, 0.25) is 0 Å². The van der Waals surface area contributed by atoms with Gasteiger partial charge >= 0.3 is 0 Å². The van der Waals surface area contributed by atoms with Crippen molar-refractivity contribution >= 4 is 23.8 Å². The van der Waals surface area contributed by atoms with Crippen LogP contribution in [0, 0.1) is 18.3 Å². The monoisotopic (exact) mass is 465 g/mol. The Bertz CT molecular complexity index is 1370. The molecule has 8 heteroatoms. The van der Waals surface area contributed by atoms with Crippen molar-refractivity contribution in [2.24, 2.45) is 9.98 Å². The van der Waals surface area contributed by atoms with Crippen LogP contribution in [0.4, 0.5) is 5.69 Å². The number of carbonyl (C=O) groups is 1. The van der Waals surface area contributed by atoms with E-state index in [4.69, 9.17) is 0 Å². The molecule has 3 heterocycles. The number of nitriles is 1. The summed E-state index contributed by atoms with van der Waals surface area (Å²) in [5, 5.41) is 15.4. The van der Waals surface area contributed by atoms with Crippen LogP contribution in [0.1, 0.15) is 53.6 Å². The van der Waals surface area contributed by atoms with Gasteiger partial charge in [-0.05, 0) is 56.2 Å². The molecule has 0 saturated carbocycles. The average Bonchev–Trinajstić information content (AvgIpc) is 2.90. The molecule has 1 aliphatic heterocycles. The molecule has 1 aromatic carbocycles. The molecular formula is C27H27N7O. The quantitative estimate of drug-likeness (QED) is 0.571. The van der Waals surface area contributed by atoms with E-state index in [2.05, 4.69) is 48.8 Å². The molecule has 1 amide bonds. The first-order valence-electron chi connectivity index (χ1n) is 11.3. The largest absolute Gasteiger partial charge is 0.335 e. The average molecular weight is 466 g/mol. The van der Waals surface area contributed by atoms with Crippen LogP contribution < -0.4 is 10.6 Å². The Morgan fingerprint density at radius 1 is 1.23 bits per heavy atom. The highest BCUT2D eigenvalue weighted by molar-refractivity contribution is 6.04. The van der Waals surface area contributed by atoms with Gasteiger partial charge in [-0.25, -0.2) is 0 Å². The van der Waals surface area contributed by atoms with Gasteiger partial charge in [0.05, 0.1) is 41.4 Å². The summed E-state index contributed by atoms with van der Waals surface area (Å²) < 4.78 is 0. The van der Waals surface area contributed by atoms with Crippen molar-refractivity contribution in [2.75, 3.05) is 12.4 Å². The van der Waals surface area contributed by atoms with Gasteiger partial charge in [-0.3, -0.25) is 24.7 Å². The molecule has 1 atom stereocenters. The molecule has 0 radical (unpaired) electrons. The van der Waals surface area contributed by atoms with E-state index in [0.717, 1.165) is 28.2 Å². The molecule has 1 unspecified atom stereocenters. The predicted molar refractivity (Wildman–Crippen MR) is 138 cm³/mol. The molecule has 1 aliphatic rings. The zero-order valence-electron chi connectivity index (χ0n) is 20.2. The van der Waals surface area contributed by atoms with Crippen molar-refractivity contribution in [2.45, 2.75) is 38.6 Å². The molecule has 0 fully saturated rings. The van der Waals surface area contributed by atoms with Crippen LogP contribution in [-0.4, -0.2) is 35.1 Å². The summed E-state index contributed by atoms with van der Waals surface area (Å²) in [5.41, 5.74) is 4.62. The second-order valence-corrected chi connectivity index (χ2v) is 8.92. The summed E-state index contributed by atoms with van der Waals surface area (Å²) in [6.45, 7) is 5.48. The fourth-order valence-corrected chi connectivity index (χ4v) is 3.84. The summed E-state index contributed by atoms with van der Waals surface area (Å²) in [6, 6.07) is 15.6. The van der Waals surface area contributed by atoms with Crippen LogP contribution in [0.2, 0.25) is 0 Å². The Morgan fingerprint density at radius 2 is 2.06 bits per heavy atom. The highest BCUT2D eigenvalue weighted by Crippen LogP contribution is 2.30. The lowest BCUT2D eigenvalue weighted by atomic mass is 9.90. The minimum Gasteiger partial charge on any atom is -0.335 e. The third kappa shape index (κ3) is 5.25. The molecule has 2 N–H and O–H groups in total. The van der Waals surface area contributed by atoms with Gasteiger partial charge in [0.1, 0.15) is 5.84 Å². The third-order valence-electron chi connectivity index (χ3n) is 6.01. The first-order chi connectivity index (χ1) is 16.8. The number of nitrogens with one attached hydrogen (secondary N) is 2. The van der Waals surface area contributed by atoms with E-state index >= 15 is 0 Å². The van der Waals surface area contributed by atoms with E-state index in [1.807, 2.05) is 25.1 Å². The number of aliphatic imine (C=N–C) groups is 2. The number of nitrogens with zero attached hydrogens (tertiary/aromatic N) is 5. The molecule has 0 bridgehead atoms. The molecule has 0 saturated heterocycles. The molecule has 2 aromatic heterocycles. The minimum absolute atomic E-state index is 0.00963. The molecule has 176 valence electrons.